The Morgan fingerprint density at radius 3 is 2.67 bits per heavy atom. The Bertz CT molecular complexity index is 1040. The number of aromatic nitrogens is 1. The number of fused-ring (bicyclic) bond motifs is 4. The highest BCUT2D eigenvalue weighted by Crippen LogP contribution is 2.40. The van der Waals surface area contributed by atoms with Gasteiger partial charge in [0.05, 0.1) is 12.6 Å². The Balaban J connectivity index is 1.61. The highest BCUT2D eigenvalue weighted by Gasteiger charge is 2.40. The quantitative estimate of drug-likeness (QED) is 0.788. The minimum atomic E-state index is -0.847. The fourth-order valence-electron chi connectivity index (χ4n) is 5.01. The average Bonchev–Trinajstić information content (AvgIpc) is 2.69. The van der Waals surface area contributed by atoms with E-state index in [4.69, 9.17) is 0 Å². The van der Waals surface area contributed by atoms with E-state index in [0.717, 1.165) is 23.2 Å². The Labute approximate surface area is 175 Å². The summed E-state index contributed by atoms with van der Waals surface area (Å²) in [4.78, 5) is 38.8. The van der Waals surface area contributed by atoms with E-state index in [1.807, 2.05) is 47.6 Å². The molecule has 1 saturated heterocycles. The van der Waals surface area contributed by atoms with Crippen LogP contribution in [0.4, 0.5) is 0 Å². The number of piperidine rings is 1. The molecule has 2 aliphatic heterocycles. The van der Waals surface area contributed by atoms with Crippen LogP contribution in [0.1, 0.15) is 45.6 Å². The molecule has 0 spiro atoms. The van der Waals surface area contributed by atoms with Crippen molar-refractivity contribution >= 4 is 11.9 Å². The van der Waals surface area contributed by atoms with Crippen LogP contribution in [-0.2, 0) is 4.79 Å². The molecule has 0 saturated carbocycles. The van der Waals surface area contributed by atoms with Crippen molar-refractivity contribution < 1.29 is 14.7 Å². The number of nitrogens with one attached hydrogen (secondary N) is 1. The van der Waals surface area contributed by atoms with Gasteiger partial charge in [0.25, 0.3) is 11.5 Å². The predicted molar refractivity (Wildman–Crippen MR) is 113 cm³/mol. The third kappa shape index (κ3) is 3.77. The number of carbonyl (C=O) groups excluding carboxylic acids is 1. The molecular weight excluding hydrogens is 382 g/mol. The van der Waals surface area contributed by atoms with Crippen LogP contribution >= 0.6 is 0 Å². The number of carboxylic acids is 1. The molecule has 158 valence electrons. The molecule has 30 heavy (non-hydrogen) atoms. The highest BCUT2D eigenvalue weighted by molar-refractivity contribution is 5.95. The van der Waals surface area contributed by atoms with Crippen molar-refractivity contribution in [1.29, 1.82) is 0 Å². The number of carboxylic acid groups (broad SMARTS) is 1. The molecule has 3 atom stereocenters. The summed E-state index contributed by atoms with van der Waals surface area (Å²) in [5, 5.41) is 12.3. The van der Waals surface area contributed by atoms with Gasteiger partial charge in [0.15, 0.2) is 0 Å². The molecule has 2 bridgehead atoms. The lowest BCUT2D eigenvalue weighted by atomic mass is 9.78. The molecule has 7 heteroatoms. The Hall–Kier alpha value is -2.93. The van der Waals surface area contributed by atoms with Gasteiger partial charge in [-0.25, -0.2) is 0 Å². The standard InChI is InChI=1S/C23H27N3O4/c1-14-5-3-6-18(15(14)2)23(30)24-10-20-17-9-16(11-25(12-17)13-22(28)29)19-7-4-8-21(27)26(19)20/h3-8,16-17,20H,9-13H2,1-2H3,(H,24,30)(H,28,29)/t16-,17+,20+/m1/s1. The van der Waals surface area contributed by atoms with E-state index in [-0.39, 0.29) is 35.9 Å². The van der Waals surface area contributed by atoms with Crippen molar-refractivity contribution in [1.82, 2.24) is 14.8 Å². The van der Waals surface area contributed by atoms with Crippen LogP contribution in [0.15, 0.2) is 41.2 Å². The van der Waals surface area contributed by atoms with E-state index in [0.29, 0.717) is 25.2 Å². The number of aryl methyl sites for hydroxylation is 1. The summed E-state index contributed by atoms with van der Waals surface area (Å²) in [6, 6.07) is 10.7. The first-order chi connectivity index (χ1) is 14.3. The number of amides is 1. The van der Waals surface area contributed by atoms with Gasteiger partial charge in [0.2, 0.25) is 0 Å². The Morgan fingerprint density at radius 2 is 1.90 bits per heavy atom. The van der Waals surface area contributed by atoms with Crippen LogP contribution in [-0.4, -0.2) is 52.6 Å². The molecular formula is C23H27N3O4. The van der Waals surface area contributed by atoms with Crippen molar-refractivity contribution in [2.24, 2.45) is 5.92 Å². The third-order valence-corrected chi connectivity index (χ3v) is 6.55. The first-order valence-electron chi connectivity index (χ1n) is 10.3. The maximum Gasteiger partial charge on any atom is 0.317 e. The number of nitrogens with zero attached hydrogens (tertiary/aromatic N) is 2. The summed E-state index contributed by atoms with van der Waals surface area (Å²) < 4.78 is 1.82. The Kier molecular flexibility index (Phi) is 5.47. The zero-order valence-electron chi connectivity index (χ0n) is 17.3. The molecule has 2 aliphatic rings. The number of likely N-dealkylation sites (tertiary alicyclic amines) is 1. The number of carbonyl (C=O) groups is 2. The zero-order chi connectivity index (χ0) is 21.4. The molecule has 1 aromatic carbocycles. The minimum Gasteiger partial charge on any atom is -0.480 e. The molecule has 1 amide bonds. The number of benzene rings is 1. The molecule has 2 N–H and O–H groups in total. The van der Waals surface area contributed by atoms with Gasteiger partial charge < -0.3 is 15.0 Å². The van der Waals surface area contributed by atoms with Crippen molar-refractivity contribution in [3.05, 3.63) is 69.1 Å². The second-order valence-electron chi connectivity index (χ2n) is 8.46. The van der Waals surface area contributed by atoms with Gasteiger partial charge in [-0.15, -0.1) is 0 Å². The van der Waals surface area contributed by atoms with E-state index in [1.54, 1.807) is 12.1 Å². The lowest BCUT2D eigenvalue weighted by molar-refractivity contribution is -0.139. The zero-order valence-corrected chi connectivity index (χ0v) is 17.3. The van der Waals surface area contributed by atoms with Crippen molar-refractivity contribution in [2.75, 3.05) is 26.2 Å². The fraction of sp³-hybridized carbons (Fsp3) is 0.435. The number of hydrogen-bond acceptors (Lipinski definition) is 4. The largest absolute Gasteiger partial charge is 0.480 e. The first-order valence-corrected chi connectivity index (χ1v) is 10.3. The van der Waals surface area contributed by atoms with E-state index >= 15 is 0 Å². The topological polar surface area (TPSA) is 91.6 Å². The molecule has 4 rings (SSSR count). The van der Waals surface area contributed by atoms with E-state index in [2.05, 4.69) is 5.32 Å². The number of hydrogen-bond donors (Lipinski definition) is 2. The maximum atomic E-state index is 12.9. The van der Waals surface area contributed by atoms with Crippen molar-refractivity contribution in [3.63, 3.8) is 0 Å². The summed E-state index contributed by atoms with van der Waals surface area (Å²) in [7, 11) is 0. The van der Waals surface area contributed by atoms with Crippen molar-refractivity contribution in [3.8, 4) is 0 Å². The normalized spacial score (nSPS) is 22.9. The van der Waals surface area contributed by atoms with Crippen LogP contribution in [0, 0.1) is 19.8 Å². The van der Waals surface area contributed by atoms with Gasteiger partial charge in [-0.1, -0.05) is 18.2 Å². The van der Waals surface area contributed by atoms with Crippen LogP contribution in [0.2, 0.25) is 0 Å². The van der Waals surface area contributed by atoms with E-state index in [9.17, 15) is 19.5 Å². The second kappa shape index (κ2) is 8.07. The van der Waals surface area contributed by atoms with Gasteiger partial charge in [0.1, 0.15) is 0 Å². The summed E-state index contributed by atoms with van der Waals surface area (Å²) in [5.74, 6) is -0.764. The van der Waals surface area contributed by atoms with Crippen LogP contribution < -0.4 is 10.9 Å². The monoisotopic (exact) mass is 409 g/mol. The fourth-order valence-corrected chi connectivity index (χ4v) is 5.01. The summed E-state index contributed by atoms with van der Waals surface area (Å²) in [6.07, 6.45) is 0.892. The van der Waals surface area contributed by atoms with Gasteiger partial charge in [-0.2, -0.15) is 0 Å². The summed E-state index contributed by atoms with van der Waals surface area (Å²) >= 11 is 0. The molecule has 3 heterocycles. The predicted octanol–water partition coefficient (Wildman–Crippen LogP) is 1.94. The highest BCUT2D eigenvalue weighted by atomic mass is 16.4. The first kappa shape index (κ1) is 20.3. The lowest BCUT2D eigenvalue weighted by Gasteiger charge is -2.46. The van der Waals surface area contributed by atoms with Gasteiger partial charge >= 0.3 is 5.97 Å². The molecule has 1 aromatic heterocycles. The molecule has 0 unspecified atom stereocenters. The summed E-state index contributed by atoms with van der Waals surface area (Å²) in [6.45, 7) is 5.47. The molecule has 1 fully saturated rings. The number of rotatable bonds is 5. The van der Waals surface area contributed by atoms with Gasteiger partial charge in [0, 0.05) is 42.9 Å². The molecule has 0 radical (unpaired) electrons. The second-order valence-corrected chi connectivity index (χ2v) is 8.46. The molecule has 2 aromatic rings. The van der Waals surface area contributed by atoms with Crippen LogP contribution in [0.25, 0.3) is 0 Å². The average molecular weight is 409 g/mol. The summed E-state index contributed by atoms with van der Waals surface area (Å²) in [5.41, 5.74) is 3.50. The van der Waals surface area contributed by atoms with Crippen LogP contribution in [0.5, 0.6) is 0 Å². The van der Waals surface area contributed by atoms with E-state index in [1.165, 1.54) is 0 Å². The van der Waals surface area contributed by atoms with Crippen molar-refractivity contribution in [2.45, 2.75) is 32.2 Å². The minimum absolute atomic E-state index is 0.00830. The number of aliphatic carboxylic acids is 1. The number of pyridine rings is 1. The molecule has 0 aliphatic carbocycles. The third-order valence-electron chi connectivity index (χ3n) is 6.55. The smallest absolute Gasteiger partial charge is 0.317 e. The maximum absolute atomic E-state index is 12.9. The van der Waals surface area contributed by atoms with Gasteiger partial charge in [-0.05, 0) is 49.4 Å². The lowest BCUT2D eigenvalue weighted by Crippen LogP contribution is -2.52. The van der Waals surface area contributed by atoms with E-state index < -0.39 is 5.97 Å². The Morgan fingerprint density at radius 1 is 1.13 bits per heavy atom. The van der Waals surface area contributed by atoms with Gasteiger partial charge in [-0.3, -0.25) is 19.3 Å². The van der Waals surface area contributed by atoms with Crippen LogP contribution in [0.3, 0.4) is 0 Å². The SMILES string of the molecule is Cc1cccc(C(=O)NC[C@H]2[C@H]3C[C@H](CN(CC(=O)O)C3)c3cccc(=O)n32)c1C. The molecule has 7 nitrogen and oxygen atoms in total.